The zero-order valence-electron chi connectivity index (χ0n) is 12.5. The summed E-state index contributed by atoms with van der Waals surface area (Å²) in [5.41, 5.74) is 4.25. The summed E-state index contributed by atoms with van der Waals surface area (Å²) in [4.78, 5) is 0. The van der Waals surface area contributed by atoms with Gasteiger partial charge < -0.3 is 14.6 Å². The quantitative estimate of drug-likeness (QED) is 0.804. The van der Waals surface area contributed by atoms with Gasteiger partial charge in [-0.05, 0) is 42.5 Å². The summed E-state index contributed by atoms with van der Waals surface area (Å²) < 4.78 is 11.8. The molecule has 0 unspecified atom stereocenters. The van der Waals surface area contributed by atoms with Crippen LogP contribution >= 0.6 is 0 Å². The molecule has 1 aromatic rings. The molecule has 3 heteroatoms. The predicted octanol–water partition coefficient (Wildman–Crippen LogP) is 3.45. The van der Waals surface area contributed by atoms with Gasteiger partial charge in [-0.25, -0.2) is 0 Å². The average molecular weight is 286 g/mol. The molecule has 1 atom stereocenters. The number of phenols is 1. The molecule has 0 radical (unpaired) electrons. The Labute approximate surface area is 125 Å². The standard InChI is InChI=1S/C18H22O3/c1-2-17-7-8-18(20-9-10-21-18)12-14(17)4-3-13-11-15(19)5-6-16(13)17/h4-6,11,19H,2-3,7-10,12H2,1H3/t17-/m1/s1. The molecule has 0 bridgehead atoms. The minimum absolute atomic E-state index is 0.113. The van der Waals surface area contributed by atoms with Crippen molar-refractivity contribution in [1.82, 2.24) is 0 Å². The first kappa shape index (κ1) is 13.4. The van der Waals surface area contributed by atoms with Crippen LogP contribution in [0.15, 0.2) is 29.8 Å². The van der Waals surface area contributed by atoms with Crippen LogP contribution in [0.25, 0.3) is 0 Å². The normalized spacial score (nSPS) is 29.9. The maximum atomic E-state index is 9.75. The number of aromatic hydroxyl groups is 1. The van der Waals surface area contributed by atoms with E-state index in [0.29, 0.717) is 5.75 Å². The molecule has 3 nitrogen and oxygen atoms in total. The van der Waals surface area contributed by atoms with E-state index in [1.165, 1.54) is 16.7 Å². The first-order chi connectivity index (χ1) is 10.2. The van der Waals surface area contributed by atoms with Crippen molar-refractivity contribution in [2.45, 2.75) is 50.2 Å². The number of hydrogen-bond acceptors (Lipinski definition) is 3. The summed E-state index contributed by atoms with van der Waals surface area (Å²) in [5, 5.41) is 9.75. The Kier molecular flexibility index (Phi) is 2.92. The van der Waals surface area contributed by atoms with Gasteiger partial charge in [0, 0.05) is 18.3 Å². The molecule has 2 fully saturated rings. The van der Waals surface area contributed by atoms with E-state index < -0.39 is 0 Å². The largest absolute Gasteiger partial charge is 0.508 e. The molecule has 112 valence electrons. The molecule has 1 aliphatic heterocycles. The minimum Gasteiger partial charge on any atom is -0.508 e. The number of hydrogen-bond donors (Lipinski definition) is 1. The maximum Gasteiger partial charge on any atom is 0.172 e. The van der Waals surface area contributed by atoms with Crippen LogP contribution in [0.4, 0.5) is 0 Å². The third-order valence-electron chi connectivity index (χ3n) is 5.60. The van der Waals surface area contributed by atoms with Crippen molar-refractivity contribution in [3.8, 4) is 5.75 Å². The Hall–Kier alpha value is -1.32. The molecule has 0 aromatic heterocycles. The number of phenolic OH excluding ortho intramolecular Hbond substituents is 1. The summed E-state index contributed by atoms with van der Waals surface area (Å²) in [7, 11) is 0. The van der Waals surface area contributed by atoms with Crippen LogP contribution in [0.2, 0.25) is 0 Å². The van der Waals surface area contributed by atoms with Gasteiger partial charge in [-0.15, -0.1) is 0 Å². The van der Waals surface area contributed by atoms with Gasteiger partial charge in [-0.1, -0.05) is 24.6 Å². The molecule has 1 heterocycles. The lowest BCUT2D eigenvalue weighted by molar-refractivity contribution is -0.173. The van der Waals surface area contributed by atoms with Crippen molar-refractivity contribution < 1.29 is 14.6 Å². The Bertz CT molecular complexity index is 598. The van der Waals surface area contributed by atoms with E-state index in [-0.39, 0.29) is 11.2 Å². The van der Waals surface area contributed by atoms with Crippen molar-refractivity contribution >= 4 is 0 Å². The molecule has 2 aliphatic carbocycles. The topological polar surface area (TPSA) is 38.7 Å². The number of rotatable bonds is 1. The smallest absolute Gasteiger partial charge is 0.172 e. The predicted molar refractivity (Wildman–Crippen MR) is 80.3 cm³/mol. The second-order valence-electron chi connectivity index (χ2n) is 6.49. The van der Waals surface area contributed by atoms with Gasteiger partial charge in [0.2, 0.25) is 0 Å². The molecule has 1 N–H and O–H groups in total. The first-order valence-corrected chi connectivity index (χ1v) is 7.97. The fraction of sp³-hybridized carbons (Fsp3) is 0.556. The van der Waals surface area contributed by atoms with Gasteiger partial charge in [0.25, 0.3) is 0 Å². The van der Waals surface area contributed by atoms with Crippen LogP contribution in [-0.4, -0.2) is 24.1 Å². The van der Waals surface area contributed by atoms with E-state index in [0.717, 1.165) is 45.3 Å². The van der Waals surface area contributed by atoms with E-state index in [2.05, 4.69) is 19.1 Å². The second-order valence-corrected chi connectivity index (χ2v) is 6.49. The highest BCUT2D eigenvalue weighted by Crippen LogP contribution is 2.54. The molecule has 4 rings (SSSR count). The average Bonchev–Trinajstić information content (AvgIpc) is 2.95. The second kappa shape index (κ2) is 4.59. The summed E-state index contributed by atoms with van der Waals surface area (Å²) in [5.74, 6) is 0.00504. The zero-order chi connectivity index (χ0) is 14.5. The molecule has 3 aliphatic rings. The molecule has 21 heavy (non-hydrogen) atoms. The van der Waals surface area contributed by atoms with E-state index in [4.69, 9.17) is 9.47 Å². The van der Waals surface area contributed by atoms with E-state index >= 15 is 0 Å². The van der Waals surface area contributed by atoms with Crippen molar-refractivity contribution in [2.75, 3.05) is 13.2 Å². The highest BCUT2D eigenvalue weighted by Gasteiger charge is 2.50. The molecule has 1 saturated heterocycles. The minimum atomic E-state index is -0.362. The highest BCUT2D eigenvalue weighted by atomic mass is 16.7. The number of benzene rings is 1. The van der Waals surface area contributed by atoms with Gasteiger partial charge in [-0.2, -0.15) is 0 Å². The van der Waals surface area contributed by atoms with Crippen LogP contribution in [-0.2, 0) is 21.3 Å². The van der Waals surface area contributed by atoms with E-state index in [1.807, 2.05) is 12.1 Å². The maximum absolute atomic E-state index is 9.75. The van der Waals surface area contributed by atoms with Crippen molar-refractivity contribution in [3.63, 3.8) is 0 Å². The molecule has 1 spiro atoms. The number of fused-ring (bicyclic) bond motifs is 3. The van der Waals surface area contributed by atoms with Gasteiger partial charge in [0.1, 0.15) is 5.75 Å². The highest BCUT2D eigenvalue weighted by molar-refractivity contribution is 5.50. The third-order valence-corrected chi connectivity index (χ3v) is 5.60. The SMILES string of the molecule is CC[C@@]12CCC3(CC1=CCc1cc(O)ccc12)OCCO3. The first-order valence-electron chi connectivity index (χ1n) is 7.97. The third kappa shape index (κ3) is 1.87. The number of allylic oxidation sites excluding steroid dienone is 1. The fourth-order valence-corrected chi connectivity index (χ4v) is 4.47. The summed E-state index contributed by atoms with van der Waals surface area (Å²) in [6.45, 7) is 3.71. The zero-order valence-corrected chi connectivity index (χ0v) is 12.5. The van der Waals surface area contributed by atoms with Crippen LogP contribution < -0.4 is 0 Å². The Morgan fingerprint density at radius 3 is 2.76 bits per heavy atom. The van der Waals surface area contributed by atoms with Gasteiger partial charge >= 0.3 is 0 Å². The summed E-state index contributed by atoms with van der Waals surface area (Å²) >= 11 is 0. The lowest BCUT2D eigenvalue weighted by Crippen LogP contribution is -2.45. The van der Waals surface area contributed by atoms with Crippen molar-refractivity contribution in [3.05, 3.63) is 41.0 Å². The van der Waals surface area contributed by atoms with E-state index in [1.54, 1.807) is 0 Å². The van der Waals surface area contributed by atoms with E-state index in [9.17, 15) is 5.11 Å². The van der Waals surface area contributed by atoms with Crippen LogP contribution in [0, 0.1) is 0 Å². The van der Waals surface area contributed by atoms with Gasteiger partial charge in [-0.3, -0.25) is 0 Å². The number of ether oxygens (including phenoxy) is 2. The monoisotopic (exact) mass is 286 g/mol. The lowest BCUT2D eigenvalue weighted by atomic mass is 9.59. The van der Waals surface area contributed by atoms with Gasteiger partial charge in [0.05, 0.1) is 13.2 Å². The van der Waals surface area contributed by atoms with Gasteiger partial charge in [0.15, 0.2) is 5.79 Å². The molecule has 1 aromatic carbocycles. The Balaban J connectivity index is 1.76. The van der Waals surface area contributed by atoms with Crippen LogP contribution in [0.3, 0.4) is 0 Å². The van der Waals surface area contributed by atoms with Crippen molar-refractivity contribution in [2.24, 2.45) is 0 Å². The van der Waals surface area contributed by atoms with Crippen LogP contribution in [0.5, 0.6) is 5.75 Å². The van der Waals surface area contributed by atoms with Crippen molar-refractivity contribution in [1.29, 1.82) is 0 Å². The Morgan fingerprint density at radius 1 is 1.19 bits per heavy atom. The van der Waals surface area contributed by atoms with Crippen LogP contribution in [0.1, 0.15) is 43.7 Å². The Morgan fingerprint density at radius 2 is 2.00 bits per heavy atom. The summed E-state index contributed by atoms with van der Waals surface area (Å²) in [6, 6.07) is 5.87. The lowest BCUT2D eigenvalue weighted by Gasteiger charge is -2.48. The molecular weight excluding hydrogens is 264 g/mol. The molecular formula is C18H22O3. The fourth-order valence-electron chi connectivity index (χ4n) is 4.47. The molecule has 0 amide bonds. The molecule has 1 saturated carbocycles. The summed E-state index contributed by atoms with van der Waals surface area (Å²) in [6.07, 6.45) is 7.24.